The molecule has 0 amide bonds. The fourth-order valence-electron chi connectivity index (χ4n) is 1.38. The number of nitrogens with zero attached hydrogens (tertiary/aromatic N) is 1. The van der Waals surface area contributed by atoms with Crippen molar-refractivity contribution in [3.8, 4) is 0 Å². The van der Waals surface area contributed by atoms with Crippen molar-refractivity contribution in [1.82, 2.24) is 4.57 Å². The van der Waals surface area contributed by atoms with Crippen LogP contribution < -0.4 is 11.1 Å². The van der Waals surface area contributed by atoms with Gasteiger partial charge in [0.1, 0.15) is 9.06 Å². The molecule has 2 aliphatic rings. The van der Waals surface area contributed by atoms with E-state index in [1.807, 2.05) is 20.8 Å². The molecule has 0 spiro atoms. The van der Waals surface area contributed by atoms with Crippen molar-refractivity contribution in [3.05, 3.63) is 29.8 Å². The van der Waals surface area contributed by atoms with Gasteiger partial charge in [0.05, 0.1) is 0 Å². The Labute approximate surface area is 89.2 Å². The lowest BCUT2D eigenvalue weighted by molar-refractivity contribution is 0.378. The number of hydrogen-bond acceptors (Lipinski definition) is 4. The standard InChI is InChI=1S/C8H10NO2PS2/c1-8(2,3)9-6(10)4-5(7(9)11)14-12-13-4/h12H,1-3H3. The molecule has 0 atom stereocenters. The summed E-state index contributed by atoms with van der Waals surface area (Å²) in [7, 11) is 3.01. The van der Waals surface area contributed by atoms with E-state index < -0.39 is 5.54 Å². The second-order valence-corrected chi connectivity index (χ2v) is 8.68. The predicted octanol–water partition coefficient (Wildman–Crippen LogP) is 1.84. The zero-order valence-electron chi connectivity index (χ0n) is 8.08. The second kappa shape index (κ2) is 3.05. The molecule has 0 aromatic carbocycles. The Morgan fingerprint density at radius 1 is 1.07 bits per heavy atom. The maximum atomic E-state index is 11.9. The maximum Gasteiger partial charge on any atom is 0.273 e. The molecular weight excluding hydrogens is 237 g/mol. The summed E-state index contributed by atoms with van der Waals surface area (Å²) in [5.41, 5.74) is -0.636. The van der Waals surface area contributed by atoms with Gasteiger partial charge >= 0.3 is 0 Å². The van der Waals surface area contributed by atoms with E-state index in [1.165, 1.54) is 26.5 Å². The van der Waals surface area contributed by atoms with Gasteiger partial charge in [-0.15, -0.1) is 21.9 Å². The minimum Gasteiger partial charge on any atom is -0.268 e. The Balaban J connectivity index is 3.02. The highest BCUT2D eigenvalue weighted by molar-refractivity contribution is 8.05. The summed E-state index contributed by atoms with van der Waals surface area (Å²) < 4.78 is 2.68. The lowest BCUT2D eigenvalue weighted by Gasteiger charge is -2.18. The zero-order chi connectivity index (χ0) is 10.5. The first kappa shape index (κ1) is 10.1. The van der Waals surface area contributed by atoms with Crippen LogP contribution in [-0.2, 0) is 5.54 Å². The van der Waals surface area contributed by atoms with Crippen LogP contribution in [0.5, 0.6) is 0 Å². The van der Waals surface area contributed by atoms with Crippen LogP contribution in [0, 0.1) is 9.06 Å². The predicted molar refractivity (Wildman–Crippen MR) is 62.5 cm³/mol. The average molecular weight is 247 g/mol. The molecule has 0 aromatic rings. The second-order valence-electron chi connectivity index (χ2n) is 4.06. The topological polar surface area (TPSA) is 39.1 Å². The zero-order valence-corrected chi connectivity index (χ0v) is 10.7. The Kier molecular flexibility index (Phi) is 2.21. The van der Waals surface area contributed by atoms with Gasteiger partial charge in [0.15, 0.2) is 0 Å². The Bertz CT molecular complexity index is 579. The van der Waals surface area contributed by atoms with Crippen LogP contribution in [0.3, 0.4) is 0 Å². The van der Waals surface area contributed by atoms with Crippen LogP contribution in [0.1, 0.15) is 20.8 Å². The smallest absolute Gasteiger partial charge is 0.268 e. The van der Waals surface area contributed by atoms with Crippen LogP contribution in [-0.4, -0.2) is 4.57 Å². The number of rotatable bonds is 0. The van der Waals surface area contributed by atoms with Crippen LogP contribution in [0.15, 0.2) is 9.59 Å². The minimum atomic E-state index is -0.414. The first-order chi connectivity index (χ1) is 6.43. The molecule has 0 saturated heterocycles. The third-order valence-electron chi connectivity index (χ3n) is 1.96. The molecule has 76 valence electrons. The van der Waals surface area contributed by atoms with Gasteiger partial charge in [0, 0.05) is 5.54 Å². The molecule has 0 unspecified atom stereocenters. The van der Waals surface area contributed by atoms with Crippen LogP contribution in [0.25, 0.3) is 0 Å². The van der Waals surface area contributed by atoms with Crippen LogP contribution in [0.4, 0.5) is 0 Å². The first-order valence-electron chi connectivity index (χ1n) is 4.15. The van der Waals surface area contributed by atoms with Gasteiger partial charge in [-0.05, 0) is 27.3 Å². The molecule has 14 heavy (non-hydrogen) atoms. The van der Waals surface area contributed by atoms with E-state index in [0.717, 1.165) is 0 Å². The third-order valence-corrected chi connectivity index (χ3v) is 6.65. The van der Waals surface area contributed by atoms with E-state index in [9.17, 15) is 9.59 Å². The summed E-state index contributed by atoms with van der Waals surface area (Å²) in [4.78, 5) is 23.7. The van der Waals surface area contributed by atoms with Crippen molar-refractivity contribution >= 4 is 28.4 Å². The Hall–Kier alpha value is -0.380. The highest BCUT2D eigenvalue weighted by atomic mass is 32.8. The molecule has 0 N–H and O–H groups in total. The summed E-state index contributed by atoms with van der Waals surface area (Å²) in [6, 6.07) is 0. The summed E-state index contributed by atoms with van der Waals surface area (Å²) in [6.45, 7) is 6.20. The molecule has 2 aliphatic heterocycles. The quantitative estimate of drug-likeness (QED) is 0.712. The van der Waals surface area contributed by atoms with Gasteiger partial charge < -0.3 is 0 Å². The number of aromatic nitrogens is 1. The van der Waals surface area contributed by atoms with Crippen molar-refractivity contribution in [1.29, 1.82) is 0 Å². The minimum absolute atomic E-state index is 0.111. The molecule has 2 heterocycles. The maximum absolute atomic E-state index is 11.9. The van der Waals surface area contributed by atoms with Gasteiger partial charge in [-0.25, -0.2) is 0 Å². The molecule has 0 fully saturated rings. The highest BCUT2D eigenvalue weighted by Gasteiger charge is 2.21. The monoisotopic (exact) mass is 247 g/mol. The van der Waals surface area contributed by atoms with Crippen LogP contribution >= 0.6 is 28.4 Å². The molecular formula is C8H10NO2PS2. The van der Waals surface area contributed by atoms with Crippen molar-refractivity contribution in [2.75, 3.05) is 0 Å². The van der Waals surface area contributed by atoms with E-state index in [1.54, 1.807) is 0 Å². The largest absolute Gasteiger partial charge is 0.273 e. The molecule has 0 radical (unpaired) electrons. The molecule has 0 bridgehead atoms. The molecule has 0 aromatic heterocycles. The van der Waals surface area contributed by atoms with E-state index in [4.69, 9.17) is 0 Å². The average Bonchev–Trinajstić information content (AvgIpc) is 2.54. The Morgan fingerprint density at radius 3 is 1.86 bits per heavy atom. The number of hydrogen-bond donors (Lipinski definition) is 0. The molecule has 6 heteroatoms. The molecule has 0 saturated carbocycles. The lowest BCUT2D eigenvalue weighted by atomic mass is 10.1. The Morgan fingerprint density at radius 2 is 1.50 bits per heavy atom. The fourth-order valence-corrected chi connectivity index (χ4v) is 6.64. The third kappa shape index (κ3) is 1.31. The molecule has 0 aliphatic carbocycles. The van der Waals surface area contributed by atoms with Crippen molar-refractivity contribution in [2.24, 2.45) is 0 Å². The van der Waals surface area contributed by atoms with E-state index in [2.05, 4.69) is 0 Å². The van der Waals surface area contributed by atoms with Gasteiger partial charge in [-0.3, -0.25) is 14.2 Å². The first-order valence-corrected chi connectivity index (χ1v) is 8.23. The SMILES string of the molecule is CC(C)(C)n1c(=O)c2s[pH]sc=2c1=O. The van der Waals surface area contributed by atoms with Gasteiger partial charge in [0.25, 0.3) is 11.1 Å². The fraction of sp³-hybridized carbons (Fsp3) is 0.500. The lowest BCUT2D eigenvalue weighted by Crippen LogP contribution is -2.39. The van der Waals surface area contributed by atoms with Crippen molar-refractivity contribution in [3.63, 3.8) is 0 Å². The van der Waals surface area contributed by atoms with E-state index in [-0.39, 0.29) is 11.1 Å². The van der Waals surface area contributed by atoms with Crippen LogP contribution in [0.2, 0.25) is 0 Å². The van der Waals surface area contributed by atoms with E-state index >= 15 is 0 Å². The summed E-state index contributed by atoms with van der Waals surface area (Å²) in [5.74, 6) is 0. The van der Waals surface area contributed by atoms with Gasteiger partial charge in [-0.1, -0.05) is 0 Å². The molecule has 3 nitrogen and oxygen atoms in total. The van der Waals surface area contributed by atoms with Gasteiger partial charge in [-0.2, -0.15) is 0 Å². The van der Waals surface area contributed by atoms with Crippen molar-refractivity contribution < 1.29 is 0 Å². The van der Waals surface area contributed by atoms with Crippen molar-refractivity contribution in [2.45, 2.75) is 26.3 Å². The highest BCUT2D eigenvalue weighted by Crippen LogP contribution is 2.23. The molecule has 2 rings (SSSR count). The summed E-state index contributed by atoms with van der Waals surface area (Å²) in [5, 5.41) is 0. The summed E-state index contributed by atoms with van der Waals surface area (Å²) in [6.07, 6.45) is 0. The van der Waals surface area contributed by atoms with Gasteiger partial charge in [0.2, 0.25) is 0 Å². The summed E-state index contributed by atoms with van der Waals surface area (Å²) >= 11 is 0. The normalized spacial score (nSPS) is 12.5. The van der Waals surface area contributed by atoms with E-state index in [0.29, 0.717) is 15.6 Å².